The molecule has 1 atom stereocenters. The molecule has 41 heavy (non-hydrogen) atoms. The van der Waals surface area contributed by atoms with Crippen LogP contribution in [0.15, 0.2) is 107 Å². The Morgan fingerprint density at radius 1 is 1.05 bits per heavy atom. The van der Waals surface area contributed by atoms with Gasteiger partial charge in [-0.05, 0) is 72.3 Å². The number of benzene rings is 3. The number of anilines is 1. The number of hydrogen-bond donors (Lipinski definition) is 1. The van der Waals surface area contributed by atoms with Gasteiger partial charge in [0, 0.05) is 16.9 Å². The lowest BCUT2D eigenvalue weighted by molar-refractivity contribution is -0.132. The molecule has 200 valence electrons. The van der Waals surface area contributed by atoms with Crippen molar-refractivity contribution in [3.63, 3.8) is 0 Å². The van der Waals surface area contributed by atoms with E-state index >= 15 is 0 Å². The van der Waals surface area contributed by atoms with Gasteiger partial charge in [0.2, 0.25) is 5.90 Å². The van der Waals surface area contributed by atoms with Gasteiger partial charge in [0.05, 0.1) is 46.7 Å². The Balaban J connectivity index is 1.48. The van der Waals surface area contributed by atoms with E-state index in [1.54, 1.807) is 31.4 Å². The van der Waals surface area contributed by atoms with E-state index in [0.717, 1.165) is 33.1 Å². The molecule has 1 aromatic heterocycles. The third kappa shape index (κ3) is 6.06. The Labute approximate surface area is 241 Å². The number of methoxy groups -OCH3 is 1. The van der Waals surface area contributed by atoms with Gasteiger partial charge >= 0.3 is 5.97 Å². The maximum atomic E-state index is 11.3. The molecule has 2 heterocycles. The zero-order chi connectivity index (χ0) is 28.8. The Kier molecular flexibility index (Phi) is 8.00. The first-order valence-electron chi connectivity index (χ1n) is 12.6. The van der Waals surface area contributed by atoms with Gasteiger partial charge in [0.25, 0.3) is 0 Å². The van der Waals surface area contributed by atoms with Crippen molar-refractivity contribution in [1.29, 1.82) is 10.5 Å². The second-order valence-electron chi connectivity index (χ2n) is 9.03. The molecule has 5 rings (SSSR count). The molecule has 0 fully saturated rings. The van der Waals surface area contributed by atoms with E-state index in [1.165, 1.54) is 17.4 Å². The molecule has 1 N–H and O–H groups in total. The van der Waals surface area contributed by atoms with Crippen LogP contribution in [-0.4, -0.2) is 29.8 Å². The number of nitrogens with zero attached hydrogens (tertiary/aromatic N) is 5. The van der Waals surface area contributed by atoms with Crippen molar-refractivity contribution in [2.75, 3.05) is 12.1 Å². The minimum Gasteiger partial charge on any atom is -0.481 e. The van der Waals surface area contributed by atoms with Gasteiger partial charge < -0.3 is 9.84 Å². The number of ether oxygens (including phenoxy) is 1. The monoisotopic (exact) mass is 557 g/mol. The minimum atomic E-state index is -1.26. The molecule has 9 heteroatoms. The van der Waals surface area contributed by atoms with Gasteiger partial charge in [-0.25, -0.2) is 9.79 Å². The largest absolute Gasteiger partial charge is 0.481 e. The molecule has 1 unspecified atom stereocenters. The summed E-state index contributed by atoms with van der Waals surface area (Å²) in [5, 5.41) is 34.5. The number of aliphatic carboxylic acids is 1. The molecule has 0 saturated carbocycles. The SMILES string of the molecule is COC(=Nc1ccccc1)c1ccc(N2N=C(c3ccc(/C=C(\C#N)C(=O)O)s3)CC2c2ccc(C#N)cc2)cc1. The van der Waals surface area contributed by atoms with Crippen molar-refractivity contribution in [3.05, 3.63) is 123 Å². The van der Waals surface area contributed by atoms with Gasteiger partial charge in [-0.1, -0.05) is 30.3 Å². The predicted octanol–water partition coefficient (Wildman–Crippen LogP) is 6.69. The molecule has 0 amide bonds. The molecule has 0 saturated heterocycles. The summed E-state index contributed by atoms with van der Waals surface area (Å²) in [5.41, 5.74) is 4.57. The van der Waals surface area contributed by atoms with E-state index in [4.69, 9.17) is 15.1 Å². The average Bonchev–Trinajstić information content (AvgIpc) is 3.67. The van der Waals surface area contributed by atoms with Crippen LogP contribution in [0.2, 0.25) is 0 Å². The maximum Gasteiger partial charge on any atom is 0.346 e. The van der Waals surface area contributed by atoms with E-state index in [9.17, 15) is 15.2 Å². The summed E-state index contributed by atoms with van der Waals surface area (Å²) < 4.78 is 5.57. The lowest BCUT2D eigenvalue weighted by Crippen LogP contribution is -2.18. The molecule has 8 nitrogen and oxygen atoms in total. The highest BCUT2D eigenvalue weighted by Gasteiger charge is 2.30. The van der Waals surface area contributed by atoms with E-state index in [2.05, 4.69) is 11.1 Å². The number of rotatable bonds is 7. The molecular weight excluding hydrogens is 534 g/mol. The summed E-state index contributed by atoms with van der Waals surface area (Å²) >= 11 is 1.38. The molecule has 1 aliphatic heterocycles. The van der Waals surface area contributed by atoms with Gasteiger partial charge in [-0.15, -0.1) is 11.3 Å². The summed E-state index contributed by atoms with van der Waals surface area (Å²) in [6.07, 6.45) is 1.96. The van der Waals surface area contributed by atoms with Crippen molar-refractivity contribution in [3.8, 4) is 12.1 Å². The van der Waals surface area contributed by atoms with Crippen molar-refractivity contribution >= 4 is 46.4 Å². The number of hydrogen-bond acceptors (Lipinski definition) is 8. The second kappa shape index (κ2) is 12.1. The summed E-state index contributed by atoms with van der Waals surface area (Å²) in [6.45, 7) is 0. The summed E-state index contributed by atoms with van der Waals surface area (Å²) in [7, 11) is 1.59. The van der Waals surface area contributed by atoms with Crippen LogP contribution in [-0.2, 0) is 9.53 Å². The Morgan fingerprint density at radius 3 is 2.41 bits per heavy atom. The number of aliphatic imine (C=N–C) groups is 1. The first kappa shape index (κ1) is 27.1. The normalized spacial score (nSPS) is 15.1. The smallest absolute Gasteiger partial charge is 0.346 e. The highest BCUT2D eigenvalue weighted by molar-refractivity contribution is 7.15. The van der Waals surface area contributed by atoms with E-state index in [1.807, 2.05) is 77.8 Å². The van der Waals surface area contributed by atoms with Crippen LogP contribution in [0.25, 0.3) is 6.08 Å². The van der Waals surface area contributed by atoms with Crippen LogP contribution in [0, 0.1) is 22.7 Å². The summed E-state index contributed by atoms with van der Waals surface area (Å²) in [4.78, 5) is 17.4. The number of para-hydroxylation sites is 1. The fourth-order valence-electron chi connectivity index (χ4n) is 4.41. The average molecular weight is 558 g/mol. The van der Waals surface area contributed by atoms with Crippen LogP contribution in [0.3, 0.4) is 0 Å². The van der Waals surface area contributed by atoms with Crippen LogP contribution >= 0.6 is 11.3 Å². The number of nitriles is 2. The highest BCUT2D eigenvalue weighted by Crippen LogP contribution is 2.38. The van der Waals surface area contributed by atoms with Gasteiger partial charge in [0.1, 0.15) is 11.6 Å². The lowest BCUT2D eigenvalue weighted by Gasteiger charge is -2.24. The van der Waals surface area contributed by atoms with Crippen LogP contribution in [0.4, 0.5) is 11.4 Å². The third-order valence-electron chi connectivity index (χ3n) is 6.44. The number of carboxylic acid groups (broad SMARTS) is 1. The lowest BCUT2D eigenvalue weighted by atomic mass is 9.99. The van der Waals surface area contributed by atoms with E-state index in [-0.39, 0.29) is 11.6 Å². The predicted molar refractivity (Wildman–Crippen MR) is 159 cm³/mol. The quantitative estimate of drug-likeness (QED) is 0.117. The highest BCUT2D eigenvalue weighted by atomic mass is 32.1. The first-order chi connectivity index (χ1) is 20.0. The number of carbonyl (C=O) groups is 1. The fourth-order valence-corrected chi connectivity index (χ4v) is 5.36. The Hall–Kier alpha value is -5.51. The molecule has 0 spiro atoms. The zero-order valence-corrected chi connectivity index (χ0v) is 22.7. The number of hydrazone groups is 1. The molecule has 0 aliphatic carbocycles. The Bertz CT molecular complexity index is 1740. The molecular formula is C32H23N5O3S. The standard InChI is InChI=1S/C32H23N5O3S/c1-40-31(35-25-5-3-2-4-6-25)23-11-13-26(14-12-23)37-29(22-9-7-21(19-33)8-10-22)18-28(36-37)30-16-15-27(41-30)17-24(20-34)32(38)39/h2-17,29H,18H2,1H3,(H,38,39)/b24-17+,35-31?. The molecule has 0 radical (unpaired) electrons. The van der Waals surface area contributed by atoms with Crippen LogP contribution in [0.5, 0.6) is 0 Å². The van der Waals surface area contributed by atoms with Crippen LogP contribution in [0.1, 0.15) is 38.9 Å². The molecule has 3 aromatic carbocycles. The second-order valence-corrected chi connectivity index (χ2v) is 10.1. The van der Waals surface area contributed by atoms with Gasteiger partial charge in [-0.2, -0.15) is 15.6 Å². The van der Waals surface area contributed by atoms with E-state index < -0.39 is 5.97 Å². The molecule has 4 aromatic rings. The third-order valence-corrected chi connectivity index (χ3v) is 7.52. The molecule has 1 aliphatic rings. The number of thiophene rings is 1. The summed E-state index contributed by atoms with van der Waals surface area (Å²) in [6, 6.07) is 32.3. The molecule has 0 bridgehead atoms. The maximum absolute atomic E-state index is 11.3. The van der Waals surface area contributed by atoms with E-state index in [0.29, 0.717) is 22.8 Å². The van der Waals surface area contributed by atoms with Crippen molar-refractivity contribution in [1.82, 2.24) is 0 Å². The summed E-state index contributed by atoms with van der Waals surface area (Å²) in [5.74, 6) is -0.768. The van der Waals surface area contributed by atoms with Crippen molar-refractivity contribution in [2.24, 2.45) is 10.1 Å². The zero-order valence-electron chi connectivity index (χ0n) is 21.9. The Morgan fingerprint density at radius 2 is 1.78 bits per heavy atom. The topological polar surface area (TPSA) is 122 Å². The fraction of sp³-hybridized carbons (Fsp3) is 0.0938. The van der Waals surface area contributed by atoms with Crippen molar-refractivity contribution < 1.29 is 14.6 Å². The van der Waals surface area contributed by atoms with Crippen LogP contribution < -0.4 is 5.01 Å². The van der Waals surface area contributed by atoms with Gasteiger partial charge in [0.15, 0.2) is 0 Å². The number of carboxylic acids is 1. The van der Waals surface area contributed by atoms with Crippen molar-refractivity contribution in [2.45, 2.75) is 12.5 Å². The van der Waals surface area contributed by atoms with Gasteiger partial charge in [-0.3, -0.25) is 5.01 Å². The minimum absolute atomic E-state index is 0.127. The first-order valence-corrected chi connectivity index (χ1v) is 13.4.